The normalized spacial score (nSPS) is 9.95. The van der Waals surface area contributed by atoms with Gasteiger partial charge in [-0.25, -0.2) is 9.59 Å². The van der Waals surface area contributed by atoms with Crippen molar-refractivity contribution in [3.05, 3.63) is 35.9 Å². The number of aromatic hydroxyl groups is 1. The number of ether oxygens (including phenoxy) is 1. The number of hydrogen-bond acceptors (Lipinski definition) is 4. The first-order chi connectivity index (χ1) is 9.91. The van der Waals surface area contributed by atoms with Gasteiger partial charge in [0.15, 0.2) is 5.75 Å². The zero-order chi connectivity index (χ0) is 15.8. The van der Waals surface area contributed by atoms with E-state index in [0.29, 0.717) is 13.2 Å². The minimum absolute atomic E-state index is 0.0234. The zero-order valence-corrected chi connectivity index (χ0v) is 11.7. The smallest absolute Gasteiger partial charge is 0.339 e. The number of carbonyl (C=O) groups is 2. The van der Waals surface area contributed by atoms with E-state index in [4.69, 9.17) is 9.84 Å². The number of carboxylic acids is 1. The van der Waals surface area contributed by atoms with Gasteiger partial charge in [0.25, 0.3) is 0 Å². The van der Waals surface area contributed by atoms with Crippen molar-refractivity contribution in [3.63, 3.8) is 0 Å². The summed E-state index contributed by atoms with van der Waals surface area (Å²) in [7, 11) is 0. The predicted octanol–water partition coefficient (Wildman–Crippen LogP) is 1.80. The molecule has 0 aliphatic carbocycles. The Balaban J connectivity index is 2.46. The lowest BCUT2D eigenvalue weighted by Gasteiger charge is -2.10. The predicted molar refractivity (Wildman–Crippen MR) is 77.7 cm³/mol. The van der Waals surface area contributed by atoms with Crippen LogP contribution in [0.4, 0.5) is 10.5 Å². The molecule has 21 heavy (non-hydrogen) atoms. The number of anilines is 1. The lowest BCUT2D eigenvalue weighted by molar-refractivity contribution is 0.0693. The van der Waals surface area contributed by atoms with Crippen LogP contribution in [-0.2, 0) is 4.74 Å². The van der Waals surface area contributed by atoms with Gasteiger partial charge in [-0.05, 0) is 19.1 Å². The Morgan fingerprint density at radius 3 is 2.71 bits per heavy atom. The maximum Gasteiger partial charge on any atom is 0.339 e. The van der Waals surface area contributed by atoms with Gasteiger partial charge in [0.1, 0.15) is 5.56 Å². The highest BCUT2D eigenvalue weighted by molar-refractivity contribution is 5.97. The molecule has 0 aromatic heterocycles. The SMILES string of the molecule is C=C(C)COCCNC(=O)Nc1cccc(C(=O)O)c1O. The largest absolute Gasteiger partial charge is 0.505 e. The lowest BCUT2D eigenvalue weighted by Crippen LogP contribution is -2.31. The van der Waals surface area contributed by atoms with Crippen molar-refractivity contribution in [3.8, 4) is 5.75 Å². The third-order valence-corrected chi connectivity index (χ3v) is 2.40. The van der Waals surface area contributed by atoms with Crippen molar-refractivity contribution in [2.75, 3.05) is 25.1 Å². The molecule has 0 atom stereocenters. The molecule has 1 rings (SSSR count). The minimum atomic E-state index is -1.27. The van der Waals surface area contributed by atoms with Gasteiger partial charge in [-0.3, -0.25) is 0 Å². The molecule has 0 aliphatic rings. The second-order valence-corrected chi connectivity index (χ2v) is 4.40. The van der Waals surface area contributed by atoms with Gasteiger partial charge in [0.2, 0.25) is 0 Å². The molecule has 7 nitrogen and oxygen atoms in total. The van der Waals surface area contributed by atoms with Gasteiger partial charge in [-0.2, -0.15) is 0 Å². The first kappa shape index (κ1) is 16.5. The van der Waals surface area contributed by atoms with E-state index in [0.717, 1.165) is 5.57 Å². The fourth-order valence-corrected chi connectivity index (χ4v) is 1.47. The van der Waals surface area contributed by atoms with Gasteiger partial charge >= 0.3 is 12.0 Å². The van der Waals surface area contributed by atoms with Crippen LogP contribution < -0.4 is 10.6 Å². The molecule has 1 aromatic carbocycles. The molecular formula is C14H18N2O5. The fraction of sp³-hybridized carbons (Fsp3) is 0.286. The number of benzene rings is 1. The Labute approximate surface area is 122 Å². The highest BCUT2D eigenvalue weighted by Gasteiger charge is 2.14. The number of carboxylic acid groups (broad SMARTS) is 1. The van der Waals surface area contributed by atoms with E-state index in [9.17, 15) is 14.7 Å². The maximum absolute atomic E-state index is 11.6. The van der Waals surface area contributed by atoms with Crippen LogP contribution in [0.15, 0.2) is 30.4 Å². The Hall–Kier alpha value is -2.54. The summed E-state index contributed by atoms with van der Waals surface area (Å²) in [5, 5.41) is 23.5. The highest BCUT2D eigenvalue weighted by Crippen LogP contribution is 2.27. The molecule has 1 aromatic rings. The summed E-state index contributed by atoms with van der Waals surface area (Å²) in [6.07, 6.45) is 0. The molecule has 114 valence electrons. The van der Waals surface area contributed by atoms with Gasteiger partial charge in [-0.1, -0.05) is 18.2 Å². The Morgan fingerprint density at radius 1 is 1.38 bits per heavy atom. The summed E-state index contributed by atoms with van der Waals surface area (Å²) in [5.41, 5.74) is 0.628. The standard InChI is InChI=1S/C14H18N2O5/c1-9(2)8-21-7-6-15-14(20)16-11-5-3-4-10(12(11)17)13(18)19/h3-5,17H,1,6-8H2,2H3,(H,18,19)(H2,15,16,20). The number of phenols is 1. The van der Waals surface area contributed by atoms with Crippen molar-refractivity contribution in [2.45, 2.75) is 6.92 Å². The van der Waals surface area contributed by atoms with Gasteiger partial charge < -0.3 is 25.6 Å². The van der Waals surface area contributed by atoms with Crippen LogP contribution in [0.1, 0.15) is 17.3 Å². The highest BCUT2D eigenvalue weighted by atomic mass is 16.5. The van der Waals surface area contributed by atoms with Crippen LogP contribution in [0.25, 0.3) is 0 Å². The van der Waals surface area contributed by atoms with E-state index in [2.05, 4.69) is 17.2 Å². The third kappa shape index (κ3) is 5.53. The molecule has 4 N–H and O–H groups in total. The maximum atomic E-state index is 11.6. The topological polar surface area (TPSA) is 108 Å². The van der Waals surface area contributed by atoms with Crippen molar-refractivity contribution in [1.82, 2.24) is 5.32 Å². The van der Waals surface area contributed by atoms with Crippen LogP contribution in [-0.4, -0.2) is 42.0 Å². The van der Waals surface area contributed by atoms with E-state index >= 15 is 0 Å². The summed E-state index contributed by atoms with van der Waals surface area (Å²) in [4.78, 5) is 22.4. The Bertz CT molecular complexity index is 542. The van der Waals surface area contributed by atoms with Crippen molar-refractivity contribution >= 4 is 17.7 Å². The van der Waals surface area contributed by atoms with Crippen molar-refractivity contribution < 1.29 is 24.5 Å². The average molecular weight is 294 g/mol. The first-order valence-corrected chi connectivity index (χ1v) is 6.24. The summed E-state index contributed by atoms with van der Waals surface area (Å²) < 4.78 is 5.20. The first-order valence-electron chi connectivity index (χ1n) is 6.24. The third-order valence-electron chi connectivity index (χ3n) is 2.40. The van der Waals surface area contributed by atoms with E-state index in [1.165, 1.54) is 18.2 Å². The Morgan fingerprint density at radius 2 is 2.10 bits per heavy atom. The number of hydrogen-bond donors (Lipinski definition) is 4. The molecule has 0 saturated heterocycles. The lowest BCUT2D eigenvalue weighted by atomic mass is 10.2. The second-order valence-electron chi connectivity index (χ2n) is 4.40. The van der Waals surface area contributed by atoms with Crippen LogP contribution >= 0.6 is 0 Å². The van der Waals surface area contributed by atoms with Crippen LogP contribution in [0.5, 0.6) is 5.75 Å². The number of nitrogens with one attached hydrogen (secondary N) is 2. The van der Waals surface area contributed by atoms with Crippen molar-refractivity contribution in [2.24, 2.45) is 0 Å². The van der Waals surface area contributed by atoms with Gasteiger partial charge in [0.05, 0.1) is 18.9 Å². The summed E-state index contributed by atoms with van der Waals surface area (Å²) in [5.74, 6) is -1.76. The molecule has 0 heterocycles. The minimum Gasteiger partial charge on any atom is -0.505 e. The molecule has 0 radical (unpaired) electrons. The van der Waals surface area contributed by atoms with Gasteiger partial charge in [0, 0.05) is 6.54 Å². The van der Waals surface area contributed by atoms with Crippen LogP contribution in [0.3, 0.4) is 0 Å². The number of rotatable bonds is 7. The molecule has 2 amide bonds. The van der Waals surface area contributed by atoms with Gasteiger partial charge in [-0.15, -0.1) is 0 Å². The molecule has 0 spiro atoms. The number of para-hydroxylation sites is 1. The van der Waals surface area contributed by atoms with E-state index in [1.807, 2.05) is 6.92 Å². The van der Waals surface area contributed by atoms with Crippen LogP contribution in [0, 0.1) is 0 Å². The van der Waals surface area contributed by atoms with Crippen molar-refractivity contribution in [1.29, 1.82) is 0 Å². The Kier molecular flexibility index (Phi) is 6.22. The fourth-order valence-electron chi connectivity index (χ4n) is 1.47. The molecule has 0 saturated carbocycles. The zero-order valence-electron chi connectivity index (χ0n) is 11.7. The average Bonchev–Trinajstić information content (AvgIpc) is 2.40. The molecule has 0 fully saturated rings. The number of carbonyl (C=O) groups excluding carboxylic acids is 1. The molecule has 0 bridgehead atoms. The monoisotopic (exact) mass is 294 g/mol. The number of urea groups is 1. The second kappa shape index (κ2) is 7.91. The number of amides is 2. The summed E-state index contributed by atoms with van der Waals surface area (Å²) in [6.45, 7) is 6.53. The molecule has 7 heteroatoms. The van der Waals surface area contributed by atoms with E-state index in [-0.39, 0.29) is 17.8 Å². The van der Waals surface area contributed by atoms with E-state index < -0.39 is 17.7 Å². The molecule has 0 aliphatic heterocycles. The van der Waals surface area contributed by atoms with Crippen LogP contribution in [0.2, 0.25) is 0 Å². The molecular weight excluding hydrogens is 276 g/mol. The molecule has 0 unspecified atom stereocenters. The quantitative estimate of drug-likeness (QED) is 0.348. The number of aromatic carboxylic acids is 1. The summed E-state index contributed by atoms with van der Waals surface area (Å²) in [6, 6.07) is 3.51. The summed E-state index contributed by atoms with van der Waals surface area (Å²) >= 11 is 0. The van der Waals surface area contributed by atoms with E-state index in [1.54, 1.807) is 0 Å².